The molecule has 1 aromatic carbocycles. The van der Waals surface area contributed by atoms with Crippen LogP contribution in [0.2, 0.25) is 5.02 Å². The number of rotatable bonds is 3. The van der Waals surface area contributed by atoms with Gasteiger partial charge in [-0.05, 0) is 29.9 Å². The quantitative estimate of drug-likeness (QED) is 0.873. The maximum atomic E-state index is 14.1. The number of aromatic nitrogens is 1. The molecule has 0 bridgehead atoms. The van der Waals surface area contributed by atoms with Gasteiger partial charge in [-0.2, -0.15) is 0 Å². The monoisotopic (exact) mass is 310 g/mol. The Kier molecular flexibility index (Phi) is 4.28. The maximum Gasteiger partial charge on any atom is 0.230 e. The molecule has 0 amide bonds. The number of hydrogen-bond acceptors (Lipinski definition) is 3. The second-order valence-electron chi connectivity index (χ2n) is 6.44. The predicted molar refractivity (Wildman–Crippen MR) is 83.6 cm³/mol. The number of hydrogen-bond donors (Lipinski definition) is 1. The Bertz CT molecular complexity index is 626. The van der Waals surface area contributed by atoms with Gasteiger partial charge in [0.1, 0.15) is 5.82 Å². The molecule has 0 aliphatic rings. The van der Waals surface area contributed by atoms with E-state index in [9.17, 15) is 4.39 Å². The van der Waals surface area contributed by atoms with Gasteiger partial charge in [0.05, 0.1) is 16.3 Å². The molecule has 0 fully saturated rings. The summed E-state index contributed by atoms with van der Waals surface area (Å²) in [5.74, 6) is -0.00790. The van der Waals surface area contributed by atoms with Crippen molar-refractivity contribution in [3.8, 4) is 11.1 Å². The summed E-state index contributed by atoms with van der Waals surface area (Å²) in [7, 11) is 0. The summed E-state index contributed by atoms with van der Waals surface area (Å²) in [6.07, 6.45) is 0.643. The van der Waals surface area contributed by atoms with Crippen molar-refractivity contribution in [2.75, 3.05) is 5.73 Å². The second kappa shape index (κ2) is 5.68. The average molecular weight is 311 g/mol. The zero-order valence-electron chi connectivity index (χ0n) is 12.7. The number of nitrogens with two attached hydrogens (primary N) is 1. The fourth-order valence-corrected chi connectivity index (χ4v) is 2.33. The first-order valence-corrected chi connectivity index (χ1v) is 7.28. The van der Waals surface area contributed by atoms with Crippen molar-refractivity contribution in [1.82, 2.24) is 5.16 Å². The number of anilines is 1. The van der Waals surface area contributed by atoms with Gasteiger partial charge >= 0.3 is 0 Å². The Balaban J connectivity index is 2.49. The number of nitrogens with zero attached hydrogens (tertiary/aromatic N) is 1. The minimum Gasteiger partial charge on any atom is -0.367 e. The third-order valence-corrected chi connectivity index (χ3v) is 4.29. The van der Waals surface area contributed by atoms with Crippen LogP contribution >= 0.6 is 11.6 Å². The molecule has 0 saturated carbocycles. The molecule has 1 unspecified atom stereocenters. The molecule has 0 saturated heterocycles. The van der Waals surface area contributed by atoms with Gasteiger partial charge in [-0.1, -0.05) is 50.5 Å². The molecule has 0 radical (unpaired) electrons. The molecule has 3 nitrogen and oxygen atoms in total. The van der Waals surface area contributed by atoms with Crippen LogP contribution in [0.5, 0.6) is 0 Å². The topological polar surface area (TPSA) is 52.0 Å². The Morgan fingerprint density at radius 3 is 2.57 bits per heavy atom. The lowest BCUT2D eigenvalue weighted by Gasteiger charge is -2.26. The molecule has 21 heavy (non-hydrogen) atoms. The van der Waals surface area contributed by atoms with E-state index in [1.54, 1.807) is 12.1 Å². The van der Waals surface area contributed by atoms with E-state index in [4.69, 9.17) is 21.9 Å². The highest BCUT2D eigenvalue weighted by molar-refractivity contribution is 6.33. The van der Waals surface area contributed by atoms with Crippen molar-refractivity contribution in [2.45, 2.75) is 34.1 Å². The molecule has 0 aliphatic carbocycles. The molecule has 114 valence electrons. The molecule has 0 spiro atoms. The molecular formula is C16H20ClFN2O. The SMILES string of the molecule is CC(Cc1noc(N)c1-c1c(F)cccc1Cl)C(C)(C)C. The first-order valence-electron chi connectivity index (χ1n) is 6.90. The van der Waals surface area contributed by atoms with E-state index in [-0.39, 0.29) is 16.9 Å². The molecular weight excluding hydrogens is 291 g/mol. The summed E-state index contributed by atoms with van der Waals surface area (Å²) in [6.45, 7) is 8.57. The number of benzene rings is 1. The standard InChI is InChI=1S/C16H20ClFN2O/c1-9(16(2,3)4)8-12-14(15(19)21-20-12)13-10(17)6-5-7-11(13)18/h5-7,9H,8,19H2,1-4H3. The Morgan fingerprint density at radius 2 is 2.00 bits per heavy atom. The van der Waals surface area contributed by atoms with Gasteiger partial charge in [0.25, 0.3) is 0 Å². The molecule has 2 aromatic rings. The van der Waals surface area contributed by atoms with E-state index >= 15 is 0 Å². The third kappa shape index (κ3) is 3.21. The number of halogens is 2. The van der Waals surface area contributed by atoms with Crippen LogP contribution in [0, 0.1) is 17.2 Å². The third-order valence-electron chi connectivity index (χ3n) is 3.98. The van der Waals surface area contributed by atoms with Crippen LogP contribution in [0.1, 0.15) is 33.4 Å². The van der Waals surface area contributed by atoms with E-state index < -0.39 is 5.82 Å². The van der Waals surface area contributed by atoms with Crippen molar-refractivity contribution in [2.24, 2.45) is 11.3 Å². The van der Waals surface area contributed by atoms with Crippen molar-refractivity contribution >= 4 is 17.5 Å². The normalized spacial score (nSPS) is 13.4. The van der Waals surface area contributed by atoms with Crippen LogP contribution in [-0.2, 0) is 6.42 Å². The van der Waals surface area contributed by atoms with E-state index in [0.29, 0.717) is 28.6 Å². The average Bonchev–Trinajstić information content (AvgIpc) is 2.70. The molecule has 1 atom stereocenters. The van der Waals surface area contributed by atoms with Gasteiger partial charge in [-0.25, -0.2) is 4.39 Å². The summed E-state index contributed by atoms with van der Waals surface area (Å²) in [5.41, 5.74) is 7.31. The summed E-state index contributed by atoms with van der Waals surface area (Å²) < 4.78 is 19.2. The van der Waals surface area contributed by atoms with Gasteiger partial charge in [0.2, 0.25) is 5.88 Å². The minimum atomic E-state index is -0.429. The second-order valence-corrected chi connectivity index (χ2v) is 6.84. The first-order chi connectivity index (χ1) is 9.71. The first kappa shape index (κ1) is 15.8. The fourth-order valence-electron chi connectivity index (χ4n) is 2.08. The summed E-state index contributed by atoms with van der Waals surface area (Å²) >= 11 is 6.13. The zero-order valence-corrected chi connectivity index (χ0v) is 13.5. The molecule has 5 heteroatoms. The predicted octanol–water partition coefficient (Wildman–Crippen LogP) is 4.94. The molecule has 1 heterocycles. The van der Waals surface area contributed by atoms with Crippen LogP contribution in [-0.4, -0.2) is 5.16 Å². The summed E-state index contributed by atoms with van der Waals surface area (Å²) in [5, 5.41) is 4.30. The van der Waals surface area contributed by atoms with E-state index in [1.807, 2.05) is 0 Å². The summed E-state index contributed by atoms with van der Waals surface area (Å²) in [6, 6.07) is 4.54. The van der Waals surface area contributed by atoms with Gasteiger partial charge in [0, 0.05) is 5.56 Å². The van der Waals surface area contributed by atoms with Crippen molar-refractivity contribution in [3.05, 3.63) is 34.7 Å². The highest BCUT2D eigenvalue weighted by Gasteiger charge is 2.26. The van der Waals surface area contributed by atoms with Crippen LogP contribution in [0.15, 0.2) is 22.7 Å². The Morgan fingerprint density at radius 1 is 1.33 bits per heavy atom. The highest BCUT2D eigenvalue weighted by atomic mass is 35.5. The zero-order chi connectivity index (χ0) is 15.8. The van der Waals surface area contributed by atoms with Crippen LogP contribution in [0.25, 0.3) is 11.1 Å². The Labute approximate surface area is 129 Å². The van der Waals surface area contributed by atoms with Crippen LogP contribution in [0.4, 0.5) is 10.3 Å². The van der Waals surface area contributed by atoms with E-state index in [0.717, 1.165) is 0 Å². The van der Waals surface area contributed by atoms with Crippen molar-refractivity contribution < 1.29 is 8.91 Å². The number of nitrogen functional groups attached to an aromatic ring is 1. The highest BCUT2D eigenvalue weighted by Crippen LogP contribution is 2.39. The van der Waals surface area contributed by atoms with Crippen molar-refractivity contribution in [3.63, 3.8) is 0 Å². The van der Waals surface area contributed by atoms with Crippen LogP contribution < -0.4 is 5.73 Å². The van der Waals surface area contributed by atoms with E-state index in [1.165, 1.54) is 6.07 Å². The van der Waals surface area contributed by atoms with Crippen LogP contribution in [0.3, 0.4) is 0 Å². The smallest absolute Gasteiger partial charge is 0.230 e. The molecule has 1 aromatic heterocycles. The maximum absolute atomic E-state index is 14.1. The Hall–Kier alpha value is -1.55. The van der Waals surface area contributed by atoms with Crippen molar-refractivity contribution in [1.29, 1.82) is 0 Å². The molecule has 2 N–H and O–H groups in total. The largest absolute Gasteiger partial charge is 0.367 e. The van der Waals surface area contributed by atoms with E-state index in [2.05, 4.69) is 32.9 Å². The van der Waals surface area contributed by atoms with Gasteiger partial charge in [-0.15, -0.1) is 0 Å². The lowest BCUT2D eigenvalue weighted by molar-refractivity contribution is 0.255. The molecule has 2 rings (SSSR count). The van der Waals surface area contributed by atoms with Gasteiger partial charge in [0.15, 0.2) is 0 Å². The summed E-state index contributed by atoms with van der Waals surface area (Å²) in [4.78, 5) is 0. The lowest BCUT2D eigenvalue weighted by atomic mass is 9.79. The lowest BCUT2D eigenvalue weighted by Crippen LogP contribution is -2.19. The minimum absolute atomic E-state index is 0.0955. The fraction of sp³-hybridized carbons (Fsp3) is 0.438. The molecule has 0 aliphatic heterocycles. The van der Waals surface area contributed by atoms with Gasteiger partial charge in [-0.3, -0.25) is 0 Å². The van der Waals surface area contributed by atoms with Gasteiger partial charge < -0.3 is 10.3 Å².